The summed E-state index contributed by atoms with van der Waals surface area (Å²) in [7, 11) is 0. The molecule has 0 amide bonds. The molecule has 0 bridgehead atoms. The Morgan fingerprint density at radius 3 is 2.38 bits per heavy atom. The molecule has 226 valence electrons. The minimum absolute atomic E-state index is 0.0348. The molecule has 0 radical (unpaired) electrons. The normalized spacial score (nSPS) is 56.1. The summed E-state index contributed by atoms with van der Waals surface area (Å²) in [4.78, 5) is 11.8. The van der Waals surface area contributed by atoms with Crippen molar-refractivity contribution < 1.29 is 49.6 Å². The van der Waals surface area contributed by atoms with Gasteiger partial charge in [-0.25, -0.2) is 4.79 Å². The maximum atomic E-state index is 12.4. The standard InChI is InChI=1S/C30H46O10/c1-27(40-26-25(36)24(35)23(34)20(13-31)39-26)8-9-28(2)16(11-27)4-5-18-17(28)6-7-29(3)22(15-10-21(33)38-14-15)19(32)12-30(18,29)37/h10,16-20,22-26,31-32,34-37H,4-9,11-14H2,1-3H3/t16-,17+,18-,19+,20-,22+,23-,24+,25-,26+,27+,28+,29-,30+/m1/s1. The lowest BCUT2D eigenvalue weighted by molar-refractivity contribution is -0.333. The van der Waals surface area contributed by atoms with Gasteiger partial charge in [0.1, 0.15) is 31.0 Å². The number of carbonyl (C=O) groups excluding carboxylic acids is 1. The van der Waals surface area contributed by atoms with E-state index in [-0.39, 0.29) is 35.7 Å². The van der Waals surface area contributed by atoms with E-state index in [0.717, 1.165) is 44.1 Å². The highest BCUT2D eigenvalue weighted by Gasteiger charge is 2.70. The Kier molecular flexibility index (Phi) is 7.03. The molecule has 6 rings (SSSR count). The van der Waals surface area contributed by atoms with Crippen molar-refractivity contribution in [2.75, 3.05) is 13.2 Å². The maximum Gasteiger partial charge on any atom is 0.331 e. The van der Waals surface area contributed by atoms with Gasteiger partial charge in [0.05, 0.1) is 23.9 Å². The number of hydrogen-bond donors (Lipinski definition) is 6. The minimum Gasteiger partial charge on any atom is -0.458 e. The highest BCUT2D eigenvalue weighted by molar-refractivity contribution is 5.85. The van der Waals surface area contributed by atoms with Crippen LogP contribution in [0.3, 0.4) is 0 Å². The van der Waals surface area contributed by atoms with Crippen LogP contribution in [0.4, 0.5) is 0 Å². The van der Waals surface area contributed by atoms with Gasteiger partial charge in [-0.2, -0.15) is 0 Å². The van der Waals surface area contributed by atoms with Gasteiger partial charge < -0.3 is 44.8 Å². The van der Waals surface area contributed by atoms with Gasteiger partial charge in [-0.15, -0.1) is 0 Å². The largest absolute Gasteiger partial charge is 0.458 e. The smallest absolute Gasteiger partial charge is 0.331 e. The Labute approximate surface area is 235 Å². The fourth-order valence-electron chi connectivity index (χ4n) is 10.2. The Morgan fingerprint density at radius 2 is 1.70 bits per heavy atom. The summed E-state index contributed by atoms with van der Waals surface area (Å²) in [6, 6.07) is 0. The van der Waals surface area contributed by atoms with Crippen molar-refractivity contribution in [3.63, 3.8) is 0 Å². The fraction of sp³-hybridized carbons (Fsp3) is 0.900. The minimum atomic E-state index is -1.48. The van der Waals surface area contributed by atoms with E-state index in [2.05, 4.69) is 13.8 Å². The van der Waals surface area contributed by atoms with E-state index < -0.39 is 60.0 Å². The molecule has 0 spiro atoms. The Bertz CT molecular complexity index is 1050. The first-order chi connectivity index (χ1) is 18.8. The first-order valence-corrected chi connectivity index (χ1v) is 15.0. The zero-order chi connectivity index (χ0) is 28.8. The number of rotatable bonds is 4. The van der Waals surface area contributed by atoms with E-state index in [0.29, 0.717) is 18.8 Å². The molecule has 0 unspecified atom stereocenters. The number of carbonyl (C=O) groups is 1. The first kappa shape index (κ1) is 29.0. The second-order valence-electron chi connectivity index (χ2n) is 14.4. The van der Waals surface area contributed by atoms with Crippen molar-refractivity contribution >= 4 is 5.97 Å². The van der Waals surface area contributed by atoms with Crippen LogP contribution in [0.15, 0.2) is 11.6 Å². The predicted molar refractivity (Wildman–Crippen MR) is 140 cm³/mol. The van der Waals surface area contributed by atoms with Gasteiger partial charge in [0.15, 0.2) is 6.29 Å². The van der Waals surface area contributed by atoms with Gasteiger partial charge in [-0.05, 0) is 80.6 Å². The van der Waals surface area contributed by atoms with E-state index in [1.54, 1.807) is 0 Å². The second-order valence-corrected chi connectivity index (χ2v) is 14.4. The lowest BCUT2D eigenvalue weighted by Crippen LogP contribution is -2.64. The third kappa shape index (κ3) is 4.08. The number of ether oxygens (including phenoxy) is 3. The summed E-state index contributed by atoms with van der Waals surface area (Å²) in [5, 5.41) is 64.2. The highest BCUT2D eigenvalue weighted by atomic mass is 16.7. The number of cyclic esters (lactones) is 1. The Morgan fingerprint density at radius 1 is 0.950 bits per heavy atom. The van der Waals surface area contributed by atoms with Gasteiger partial charge >= 0.3 is 5.97 Å². The molecule has 1 saturated heterocycles. The summed E-state index contributed by atoms with van der Waals surface area (Å²) in [5.74, 6) is -0.0313. The van der Waals surface area contributed by atoms with Crippen molar-refractivity contribution in [3.05, 3.63) is 11.6 Å². The van der Waals surface area contributed by atoms with Crippen LogP contribution in [0, 0.1) is 34.5 Å². The molecule has 0 aromatic carbocycles. The van der Waals surface area contributed by atoms with Crippen LogP contribution in [-0.4, -0.2) is 97.8 Å². The van der Waals surface area contributed by atoms with Crippen molar-refractivity contribution in [2.24, 2.45) is 34.5 Å². The molecule has 10 heteroatoms. The van der Waals surface area contributed by atoms with Crippen LogP contribution in [0.1, 0.15) is 72.1 Å². The molecular formula is C30H46O10. The summed E-state index contributed by atoms with van der Waals surface area (Å²) in [6.07, 6.45) is 0.317. The highest BCUT2D eigenvalue weighted by Crippen LogP contribution is 2.70. The third-order valence-corrected chi connectivity index (χ3v) is 12.5. The molecule has 2 aliphatic heterocycles. The van der Waals surface area contributed by atoms with Crippen LogP contribution in [-0.2, 0) is 19.0 Å². The molecule has 2 heterocycles. The van der Waals surface area contributed by atoms with E-state index in [9.17, 15) is 35.4 Å². The Hall–Kier alpha value is -1.11. The van der Waals surface area contributed by atoms with Crippen LogP contribution >= 0.6 is 0 Å². The molecule has 4 saturated carbocycles. The SMILES string of the molecule is C[C@]1(O[C@@H]2O[C@H](CO)[C@@H](O)[C@H](O)[C@H]2O)CC[C@@]2(C)[C@H](CC[C@@H]3[C@@H]2CC[C@]2(C)[C@@H](C4=CC(=O)OC4)[C@@H](O)C[C@]32O)C1. The van der Waals surface area contributed by atoms with Crippen molar-refractivity contribution in [3.8, 4) is 0 Å². The third-order valence-electron chi connectivity index (χ3n) is 12.5. The van der Waals surface area contributed by atoms with E-state index in [4.69, 9.17) is 14.2 Å². The molecule has 40 heavy (non-hydrogen) atoms. The zero-order valence-electron chi connectivity index (χ0n) is 23.7. The van der Waals surface area contributed by atoms with Crippen molar-refractivity contribution in [1.82, 2.24) is 0 Å². The molecule has 5 fully saturated rings. The Balaban J connectivity index is 1.20. The molecule has 14 atom stereocenters. The van der Waals surface area contributed by atoms with Gasteiger partial charge in [0.2, 0.25) is 0 Å². The molecule has 6 N–H and O–H groups in total. The fourth-order valence-corrected chi connectivity index (χ4v) is 10.2. The van der Waals surface area contributed by atoms with Crippen LogP contribution in [0.2, 0.25) is 0 Å². The molecule has 4 aliphatic carbocycles. The van der Waals surface area contributed by atoms with Crippen LogP contribution < -0.4 is 0 Å². The van der Waals surface area contributed by atoms with Crippen LogP contribution in [0.5, 0.6) is 0 Å². The monoisotopic (exact) mass is 566 g/mol. The van der Waals surface area contributed by atoms with Gasteiger partial charge in [0, 0.05) is 23.8 Å². The molecule has 0 aromatic heterocycles. The van der Waals surface area contributed by atoms with Crippen molar-refractivity contribution in [1.29, 1.82) is 0 Å². The average molecular weight is 567 g/mol. The maximum absolute atomic E-state index is 12.4. The molecule has 0 aromatic rings. The lowest BCUT2D eigenvalue weighted by atomic mass is 9.42. The van der Waals surface area contributed by atoms with E-state index in [1.807, 2.05) is 6.92 Å². The number of fused-ring (bicyclic) bond motifs is 5. The van der Waals surface area contributed by atoms with Gasteiger partial charge in [-0.3, -0.25) is 0 Å². The van der Waals surface area contributed by atoms with Crippen molar-refractivity contribution in [2.45, 2.75) is 120 Å². The van der Waals surface area contributed by atoms with E-state index >= 15 is 0 Å². The predicted octanol–water partition coefficient (Wildman–Crippen LogP) is 0.789. The summed E-state index contributed by atoms with van der Waals surface area (Å²) in [6.45, 7) is 6.12. The average Bonchev–Trinajstić information content (AvgIpc) is 3.41. The number of hydrogen-bond acceptors (Lipinski definition) is 10. The van der Waals surface area contributed by atoms with Gasteiger partial charge in [-0.1, -0.05) is 13.8 Å². The molecule has 6 aliphatic rings. The quantitative estimate of drug-likeness (QED) is 0.212. The second kappa shape index (κ2) is 9.71. The lowest BCUT2D eigenvalue weighted by Gasteiger charge is -2.64. The summed E-state index contributed by atoms with van der Waals surface area (Å²) < 4.78 is 17.2. The number of aliphatic hydroxyl groups excluding tert-OH is 5. The first-order valence-electron chi connectivity index (χ1n) is 15.0. The zero-order valence-corrected chi connectivity index (χ0v) is 23.7. The molecule has 10 nitrogen and oxygen atoms in total. The van der Waals surface area contributed by atoms with Gasteiger partial charge in [0.25, 0.3) is 0 Å². The number of esters is 1. The number of aliphatic hydroxyl groups is 6. The topological polar surface area (TPSA) is 166 Å². The summed E-state index contributed by atoms with van der Waals surface area (Å²) >= 11 is 0. The summed E-state index contributed by atoms with van der Waals surface area (Å²) in [5.41, 5.74) is -1.43. The molecular weight excluding hydrogens is 520 g/mol. The van der Waals surface area contributed by atoms with E-state index in [1.165, 1.54) is 6.08 Å². The van der Waals surface area contributed by atoms with Crippen LogP contribution in [0.25, 0.3) is 0 Å².